The van der Waals surface area contributed by atoms with E-state index in [2.05, 4.69) is 13.8 Å². The molecule has 0 bridgehead atoms. The Labute approximate surface area is 76.7 Å². The van der Waals surface area contributed by atoms with Gasteiger partial charge < -0.3 is 11.5 Å². The molecule has 0 aliphatic carbocycles. The highest BCUT2D eigenvalue weighted by Gasteiger charge is 2.01. The highest BCUT2D eigenvalue weighted by molar-refractivity contribution is 4.61. The first kappa shape index (κ1) is 11.9. The average molecular weight is 172 g/mol. The molecule has 0 saturated heterocycles. The summed E-state index contributed by atoms with van der Waals surface area (Å²) in [6.45, 7) is 4.28. The van der Waals surface area contributed by atoms with E-state index in [1.807, 2.05) is 0 Å². The molecule has 0 aliphatic rings. The van der Waals surface area contributed by atoms with Crippen LogP contribution in [0.4, 0.5) is 0 Å². The molecule has 0 aromatic carbocycles. The van der Waals surface area contributed by atoms with E-state index >= 15 is 0 Å². The Bertz CT molecular complexity index is 81.8. The molecule has 2 heteroatoms. The first-order chi connectivity index (χ1) is 5.70. The van der Waals surface area contributed by atoms with Gasteiger partial charge in [0.05, 0.1) is 0 Å². The van der Waals surface area contributed by atoms with Crippen LogP contribution in [0.3, 0.4) is 0 Å². The minimum Gasteiger partial charge on any atom is -0.328 e. The van der Waals surface area contributed by atoms with Gasteiger partial charge in [0.2, 0.25) is 0 Å². The van der Waals surface area contributed by atoms with Crippen LogP contribution in [0.1, 0.15) is 52.4 Å². The van der Waals surface area contributed by atoms with Gasteiger partial charge in [-0.25, -0.2) is 0 Å². The summed E-state index contributed by atoms with van der Waals surface area (Å²) in [6, 6.07) is 0.811. The van der Waals surface area contributed by atoms with Crippen molar-refractivity contribution in [3.8, 4) is 0 Å². The summed E-state index contributed by atoms with van der Waals surface area (Å²) in [5.74, 6) is 0. The van der Waals surface area contributed by atoms with E-state index in [4.69, 9.17) is 11.5 Å². The third kappa shape index (κ3) is 6.62. The van der Waals surface area contributed by atoms with Crippen molar-refractivity contribution in [1.29, 1.82) is 0 Å². The van der Waals surface area contributed by atoms with Crippen molar-refractivity contribution in [2.45, 2.75) is 64.5 Å². The van der Waals surface area contributed by atoms with E-state index in [1.165, 1.54) is 12.8 Å². The first-order valence-electron chi connectivity index (χ1n) is 5.21. The Morgan fingerprint density at radius 2 is 1.17 bits per heavy atom. The molecular formula is C10H24N2. The molecule has 0 fully saturated rings. The average Bonchev–Trinajstić information content (AvgIpc) is 2.11. The monoisotopic (exact) mass is 172 g/mol. The molecule has 2 atom stereocenters. The molecule has 74 valence electrons. The summed E-state index contributed by atoms with van der Waals surface area (Å²) in [7, 11) is 0. The largest absolute Gasteiger partial charge is 0.328 e. The fourth-order valence-electron chi connectivity index (χ4n) is 1.22. The van der Waals surface area contributed by atoms with Gasteiger partial charge in [0.25, 0.3) is 0 Å². The van der Waals surface area contributed by atoms with Crippen LogP contribution in [0.25, 0.3) is 0 Å². The topological polar surface area (TPSA) is 52.0 Å². The maximum absolute atomic E-state index is 5.79. The normalized spacial score (nSPS) is 16.0. The highest BCUT2D eigenvalue weighted by atomic mass is 14.6. The van der Waals surface area contributed by atoms with Crippen molar-refractivity contribution in [3.05, 3.63) is 0 Å². The standard InChI is InChI=1S/C10H24N2/c1-3-9(11)7-5-6-8-10(12)4-2/h9-10H,3-8,11-12H2,1-2H3/t9-,10?/m1/s1. The van der Waals surface area contributed by atoms with Crippen molar-refractivity contribution in [2.24, 2.45) is 11.5 Å². The Morgan fingerprint density at radius 1 is 0.833 bits per heavy atom. The van der Waals surface area contributed by atoms with E-state index < -0.39 is 0 Å². The second-order valence-electron chi connectivity index (χ2n) is 3.62. The van der Waals surface area contributed by atoms with Crippen LogP contribution in [-0.2, 0) is 0 Å². The summed E-state index contributed by atoms with van der Waals surface area (Å²) in [5.41, 5.74) is 11.6. The van der Waals surface area contributed by atoms with Crippen molar-refractivity contribution in [3.63, 3.8) is 0 Å². The van der Waals surface area contributed by atoms with Crippen LogP contribution >= 0.6 is 0 Å². The summed E-state index contributed by atoms with van der Waals surface area (Å²) in [4.78, 5) is 0. The van der Waals surface area contributed by atoms with Gasteiger partial charge in [-0.2, -0.15) is 0 Å². The lowest BCUT2D eigenvalue weighted by Gasteiger charge is -2.10. The zero-order chi connectivity index (χ0) is 9.40. The maximum Gasteiger partial charge on any atom is 0.00362 e. The van der Waals surface area contributed by atoms with Crippen molar-refractivity contribution >= 4 is 0 Å². The van der Waals surface area contributed by atoms with Crippen molar-refractivity contribution in [1.82, 2.24) is 0 Å². The predicted molar refractivity (Wildman–Crippen MR) is 55.0 cm³/mol. The summed E-state index contributed by atoms with van der Waals surface area (Å²) in [5, 5.41) is 0. The lowest BCUT2D eigenvalue weighted by atomic mass is 10.0. The van der Waals surface area contributed by atoms with Crippen LogP contribution in [-0.4, -0.2) is 12.1 Å². The summed E-state index contributed by atoms with van der Waals surface area (Å²) < 4.78 is 0. The highest BCUT2D eigenvalue weighted by Crippen LogP contribution is 2.06. The van der Waals surface area contributed by atoms with E-state index in [9.17, 15) is 0 Å². The number of rotatable bonds is 7. The summed E-state index contributed by atoms with van der Waals surface area (Å²) in [6.07, 6.45) is 6.99. The van der Waals surface area contributed by atoms with E-state index in [1.54, 1.807) is 0 Å². The quantitative estimate of drug-likeness (QED) is 0.577. The smallest absolute Gasteiger partial charge is 0.00362 e. The molecule has 4 N–H and O–H groups in total. The molecule has 2 nitrogen and oxygen atoms in total. The van der Waals surface area contributed by atoms with Gasteiger partial charge in [0, 0.05) is 12.1 Å². The molecule has 0 amide bonds. The Hall–Kier alpha value is -0.0800. The molecule has 0 saturated carbocycles. The molecule has 0 spiro atoms. The lowest BCUT2D eigenvalue weighted by Crippen LogP contribution is -2.20. The molecule has 0 aliphatic heterocycles. The fourth-order valence-corrected chi connectivity index (χ4v) is 1.22. The third-order valence-electron chi connectivity index (χ3n) is 2.45. The number of hydrogen-bond donors (Lipinski definition) is 2. The molecule has 12 heavy (non-hydrogen) atoms. The lowest BCUT2D eigenvalue weighted by molar-refractivity contribution is 0.502. The van der Waals surface area contributed by atoms with Gasteiger partial charge in [-0.05, 0) is 25.7 Å². The van der Waals surface area contributed by atoms with E-state index in [0.717, 1.165) is 25.7 Å². The van der Waals surface area contributed by atoms with Crippen LogP contribution in [0, 0.1) is 0 Å². The van der Waals surface area contributed by atoms with Crippen LogP contribution in [0.5, 0.6) is 0 Å². The van der Waals surface area contributed by atoms with Crippen molar-refractivity contribution in [2.75, 3.05) is 0 Å². The van der Waals surface area contributed by atoms with E-state index in [0.29, 0.717) is 12.1 Å². The molecule has 0 radical (unpaired) electrons. The van der Waals surface area contributed by atoms with Crippen molar-refractivity contribution < 1.29 is 0 Å². The number of nitrogens with two attached hydrogens (primary N) is 2. The number of hydrogen-bond acceptors (Lipinski definition) is 2. The Balaban J connectivity index is 3.10. The second-order valence-corrected chi connectivity index (χ2v) is 3.62. The minimum absolute atomic E-state index is 0.405. The van der Waals surface area contributed by atoms with Crippen LogP contribution in [0.15, 0.2) is 0 Å². The Morgan fingerprint density at radius 3 is 1.42 bits per heavy atom. The van der Waals surface area contributed by atoms with Crippen LogP contribution in [0.2, 0.25) is 0 Å². The minimum atomic E-state index is 0.405. The third-order valence-corrected chi connectivity index (χ3v) is 2.45. The molecule has 0 aromatic heterocycles. The SMILES string of the molecule is CCC(N)CCCC[C@H](N)CC. The zero-order valence-corrected chi connectivity index (χ0v) is 8.55. The molecule has 1 unspecified atom stereocenters. The van der Waals surface area contributed by atoms with Gasteiger partial charge in [-0.3, -0.25) is 0 Å². The fraction of sp³-hybridized carbons (Fsp3) is 1.00. The first-order valence-corrected chi connectivity index (χ1v) is 5.21. The van der Waals surface area contributed by atoms with Gasteiger partial charge in [-0.15, -0.1) is 0 Å². The number of unbranched alkanes of at least 4 members (excludes halogenated alkanes) is 1. The van der Waals surface area contributed by atoms with Gasteiger partial charge in [0.15, 0.2) is 0 Å². The Kier molecular flexibility index (Phi) is 7.51. The van der Waals surface area contributed by atoms with E-state index in [-0.39, 0.29) is 0 Å². The maximum atomic E-state index is 5.79. The molecule has 0 aromatic rings. The molecular weight excluding hydrogens is 148 g/mol. The molecule has 0 heterocycles. The van der Waals surface area contributed by atoms with Gasteiger partial charge in [-0.1, -0.05) is 26.7 Å². The predicted octanol–water partition coefficient (Wildman–Crippen LogP) is 2.02. The molecule has 0 rings (SSSR count). The van der Waals surface area contributed by atoms with Gasteiger partial charge >= 0.3 is 0 Å². The van der Waals surface area contributed by atoms with Crippen LogP contribution < -0.4 is 11.5 Å². The zero-order valence-electron chi connectivity index (χ0n) is 8.55. The second kappa shape index (κ2) is 7.56. The van der Waals surface area contributed by atoms with Gasteiger partial charge in [0.1, 0.15) is 0 Å². The summed E-state index contributed by atoms with van der Waals surface area (Å²) >= 11 is 0.